The summed E-state index contributed by atoms with van der Waals surface area (Å²) >= 11 is 4.89. The van der Waals surface area contributed by atoms with E-state index in [-0.39, 0.29) is 6.10 Å². The lowest BCUT2D eigenvalue weighted by Crippen LogP contribution is -2.21. The van der Waals surface area contributed by atoms with E-state index < -0.39 is 0 Å². The minimum Gasteiger partial charge on any atom is -0.393 e. The number of nitrogens with zero attached hydrogens (tertiary/aromatic N) is 1. The van der Waals surface area contributed by atoms with Crippen LogP contribution in [0.15, 0.2) is 9.98 Å². The Balaban J connectivity index is 1.82. The van der Waals surface area contributed by atoms with Gasteiger partial charge in [-0.1, -0.05) is 6.42 Å². The number of aliphatic hydroxyl groups is 1. The Morgan fingerprint density at radius 2 is 2.50 bits per heavy atom. The number of hydrogen-bond acceptors (Lipinski definition) is 4. The molecule has 1 fully saturated rings. The van der Waals surface area contributed by atoms with Gasteiger partial charge < -0.3 is 10.4 Å². The lowest BCUT2D eigenvalue weighted by atomic mass is 10.1. The van der Waals surface area contributed by atoms with Gasteiger partial charge in [-0.05, 0) is 28.8 Å². The lowest BCUT2D eigenvalue weighted by molar-refractivity contribution is 0.138. The molecule has 2 unspecified atom stereocenters. The Hall–Kier alpha value is -0.130. The topological polar surface area (TPSA) is 45.1 Å². The van der Waals surface area contributed by atoms with Crippen molar-refractivity contribution >= 4 is 32.4 Å². The van der Waals surface area contributed by atoms with Crippen LogP contribution in [0.25, 0.3) is 0 Å². The molecule has 78 valence electrons. The molecule has 5 heteroatoms. The Kier molecular flexibility index (Phi) is 3.41. The van der Waals surface area contributed by atoms with E-state index in [2.05, 4.69) is 26.2 Å². The smallest absolute Gasteiger partial charge is 0.183 e. The number of nitrogens with one attached hydrogen (secondary N) is 1. The number of halogens is 1. The highest BCUT2D eigenvalue weighted by Crippen LogP contribution is 2.26. The summed E-state index contributed by atoms with van der Waals surface area (Å²) in [5.41, 5.74) is 0. The Bertz CT molecular complexity index is 305. The fourth-order valence-electron chi connectivity index (χ4n) is 1.81. The summed E-state index contributed by atoms with van der Waals surface area (Å²) < 4.78 is 0.872. The summed E-state index contributed by atoms with van der Waals surface area (Å²) in [5.74, 6) is 0.401. The fraction of sp³-hybridized carbons (Fsp3) is 0.667. The molecule has 1 saturated carbocycles. The molecule has 1 aromatic rings. The maximum Gasteiger partial charge on any atom is 0.183 e. The standard InChI is InChI=1S/C9H13BrN2OS/c10-8-5-14-9(12-8)11-4-6-2-1-3-7(6)13/h5-7,13H,1-4H2,(H,11,12). The van der Waals surface area contributed by atoms with E-state index in [0.29, 0.717) is 5.92 Å². The predicted molar refractivity (Wildman–Crippen MR) is 61.7 cm³/mol. The minimum absolute atomic E-state index is 0.120. The number of aromatic nitrogens is 1. The molecule has 0 amide bonds. The summed E-state index contributed by atoms with van der Waals surface area (Å²) in [6, 6.07) is 0. The van der Waals surface area contributed by atoms with Crippen LogP contribution < -0.4 is 5.32 Å². The molecule has 1 aliphatic rings. The first-order valence-corrected chi connectivity index (χ1v) is 6.46. The molecule has 2 atom stereocenters. The van der Waals surface area contributed by atoms with Crippen molar-refractivity contribution in [2.75, 3.05) is 11.9 Å². The molecule has 0 saturated heterocycles. The molecule has 14 heavy (non-hydrogen) atoms. The molecule has 0 spiro atoms. The van der Waals surface area contributed by atoms with Gasteiger partial charge in [-0.2, -0.15) is 0 Å². The van der Waals surface area contributed by atoms with Crippen LogP contribution in [0.3, 0.4) is 0 Å². The molecule has 0 radical (unpaired) electrons. The molecule has 2 rings (SSSR count). The van der Waals surface area contributed by atoms with E-state index in [4.69, 9.17) is 0 Å². The number of rotatable bonds is 3. The molecule has 1 aromatic heterocycles. The van der Waals surface area contributed by atoms with Gasteiger partial charge in [-0.3, -0.25) is 0 Å². The third-order valence-corrected chi connectivity index (χ3v) is 4.12. The van der Waals surface area contributed by atoms with Crippen LogP contribution in [0.4, 0.5) is 5.13 Å². The molecular weight excluding hydrogens is 264 g/mol. The van der Waals surface area contributed by atoms with Gasteiger partial charge in [0.25, 0.3) is 0 Å². The van der Waals surface area contributed by atoms with Gasteiger partial charge in [0, 0.05) is 17.8 Å². The zero-order valence-electron chi connectivity index (χ0n) is 7.74. The highest BCUT2D eigenvalue weighted by molar-refractivity contribution is 9.10. The van der Waals surface area contributed by atoms with Crippen molar-refractivity contribution in [3.05, 3.63) is 9.98 Å². The molecule has 1 heterocycles. The molecule has 2 N–H and O–H groups in total. The van der Waals surface area contributed by atoms with Crippen LogP contribution >= 0.6 is 27.3 Å². The van der Waals surface area contributed by atoms with Gasteiger partial charge in [0.2, 0.25) is 0 Å². The zero-order chi connectivity index (χ0) is 9.97. The number of aliphatic hydroxyl groups excluding tert-OH is 1. The third-order valence-electron chi connectivity index (χ3n) is 2.61. The molecular formula is C9H13BrN2OS. The minimum atomic E-state index is -0.120. The van der Waals surface area contributed by atoms with Crippen LogP contribution in [0.5, 0.6) is 0 Å². The van der Waals surface area contributed by atoms with E-state index >= 15 is 0 Å². The van der Waals surface area contributed by atoms with Crippen LogP contribution in [0, 0.1) is 5.92 Å². The second kappa shape index (κ2) is 4.59. The maximum atomic E-state index is 9.61. The Labute approximate surface area is 95.7 Å². The summed E-state index contributed by atoms with van der Waals surface area (Å²) in [7, 11) is 0. The van der Waals surface area contributed by atoms with E-state index in [1.54, 1.807) is 11.3 Å². The average molecular weight is 277 g/mol. The van der Waals surface area contributed by atoms with Crippen molar-refractivity contribution in [2.24, 2.45) is 5.92 Å². The van der Waals surface area contributed by atoms with E-state index in [1.165, 1.54) is 0 Å². The molecule has 1 aliphatic carbocycles. The highest BCUT2D eigenvalue weighted by Gasteiger charge is 2.24. The number of anilines is 1. The van der Waals surface area contributed by atoms with Crippen LogP contribution in [-0.2, 0) is 0 Å². The van der Waals surface area contributed by atoms with Crippen LogP contribution in [0.1, 0.15) is 19.3 Å². The van der Waals surface area contributed by atoms with Crippen molar-refractivity contribution in [3.8, 4) is 0 Å². The highest BCUT2D eigenvalue weighted by atomic mass is 79.9. The van der Waals surface area contributed by atoms with Crippen molar-refractivity contribution in [2.45, 2.75) is 25.4 Å². The zero-order valence-corrected chi connectivity index (χ0v) is 10.1. The number of hydrogen-bond donors (Lipinski definition) is 2. The van der Waals surface area contributed by atoms with E-state index in [0.717, 1.165) is 35.5 Å². The summed E-state index contributed by atoms with van der Waals surface area (Å²) in [6.07, 6.45) is 3.11. The second-order valence-electron chi connectivity index (χ2n) is 3.61. The SMILES string of the molecule is OC1CCCC1CNc1nc(Br)cs1. The van der Waals surface area contributed by atoms with Gasteiger partial charge in [0.1, 0.15) is 4.60 Å². The largest absolute Gasteiger partial charge is 0.393 e. The molecule has 3 nitrogen and oxygen atoms in total. The predicted octanol–water partition coefficient (Wildman–Crippen LogP) is 2.48. The third kappa shape index (κ3) is 2.46. The molecule has 0 aliphatic heterocycles. The molecule has 0 bridgehead atoms. The first-order chi connectivity index (χ1) is 6.75. The van der Waals surface area contributed by atoms with Crippen molar-refractivity contribution in [1.29, 1.82) is 0 Å². The quantitative estimate of drug-likeness (QED) is 0.892. The van der Waals surface area contributed by atoms with E-state index in [1.807, 2.05) is 5.38 Å². The van der Waals surface area contributed by atoms with Crippen LogP contribution in [0.2, 0.25) is 0 Å². The maximum absolute atomic E-state index is 9.61. The fourth-order valence-corrected chi connectivity index (χ4v) is 2.96. The first-order valence-electron chi connectivity index (χ1n) is 4.78. The molecule has 0 aromatic carbocycles. The Morgan fingerprint density at radius 3 is 3.07 bits per heavy atom. The number of thiazole rings is 1. The van der Waals surface area contributed by atoms with Crippen LogP contribution in [-0.4, -0.2) is 22.7 Å². The van der Waals surface area contributed by atoms with Crippen molar-refractivity contribution in [1.82, 2.24) is 4.98 Å². The van der Waals surface area contributed by atoms with Gasteiger partial charge in [0.15, 0.2) is 5.13 Å². The lowest BCUT2D eigenvalue weighted by Gasteiger charge is -2.14. The van der Waals surface area contributed by atoms with Gasteiger partial charge in [0.05, 0.1) is 6.10 Å². The van der Waals surface area contributed by atoms with E-state index in [9.17, 15) is 5.11 Å². The summed E-state index contributed by atoms with van der Waals surface area (Å²) in [6.45, 7) is 0.834. The van der Waals surface area contributed by atoms with Gasteiger partial charge in [-0.25, -0.2) is 4.98 Å². The summed E-state index contributed by atoms with van der Waals surface area (Å²) in [5, 5.41) is 15.7. The van der Waals surface area contributed by atoms with Crippen molar-refractivity contribution < 1.29 is 5.11 Å². The average Bonchev–Trinajstić information content (AvgIpc) is 2.72. The summed E-state index contributed by atoms with van der Waals surface area (Å²) in [4.78, 5) is 4.24. The van der Waals surface area contributed by atoms with Gasteiger partial charge >= 0.3 is 0 Å². The van der Waals surface area contributed by atoms with Crippen molar-refractivity contribution in [3.63, 3.8) is 0 Å². The first kappa shape index (κ1) is 10.4. The Morgan fingerprint density at radius 1 is 1.64 bits per heavy atom. The van der Waals surface area contributed by atoms with Gasteiger partial charge in [-0.15, -0.1) is 11.3 Å². The normalized spacial score (nSPS) is 26.7. The second-order valence-corrected chi connectivity index (χ2v) is 5.29. The monoisotopic (exact) mass is 276 g/mol.